The number of nitro groups is 1. The van der Waals surface area contributed by atoms with Gasteiger partial charge >= 0.3 is 5.69 Å². The molecule has 0 saturated carbocycles. The van der Waals surface area contributed by atoms with Crippen LogP contribution in [0.2, 0.25) is 0 Å². The highest BCUT2D eigenvalue weighted by molar-refractivity contribution is 6.08. The van der Waals surface area contributed by atoms with Crippen LogP contribution >= 0.6 is 0 Å². The van der Waals surface area contributed by atoms with Crippen LogP contribution in [0.1, 0.15) is 37.7 Å². The molecule has 0 saturated heterocycles. The molecule has 0 atom stereocenters. The van der Waals surface area contributed by atoms with E-state index in [1.54, 1.807) is 61.0 Å². The van der Waals surface area contributed by atoms with Crippen molar-refractivity contribution in [3.8, 4) is 0 Å². The quantitative estimate of drug-likeness (QED) is 0.491. The highest BCUT2D eigenvalue weighted by Gasteiger charge is 2.21. The maximum atomic E-state index is 12.5. The predicted octanol–water partition coefficient (Wildman–Crippen LogP) is 2.81. The van der Waals surface area contributed by atoms with Crippen molar-refractivity contribution >= 4 is 23.2 Å². The zero-order chi connectivity index (χ0) is 21.1. The van der Waals surface area contributed by atoms with Gasteiger partial charge in [0.2, 0.25) is 0 Å². The number of nitrogens with zero attached hydrogens (tertiary/aromatic N) is 3. The number of aryl methyl sites for hydroxylation is 1. The molecule has 2 amide bonds. The highest BCUT2D eigenvalue weighted by atomic mass is 16.6. The molecule has 0 aliphatic carbocycles. The maximum Gasteiger partial charge on any atom is 0.312 e. The van der Waals surface area contributed by atoms with E-state index in [9.17, 15) is 19.7 Å². The van der Waals surface area contributed by atoms with Gasteiger partial charge in [-0.1, -0.05) is 24.3 Å². The van der Waals surface area contributed by atoms with Gasteiger partial charge in [0.1, 0.15) is 11.4 Å². The summed E-state index contributed by atoms with van der Waals surface area (Å²) in [6.45, 7) is 3.59. The lowest BCUT2D eigenvalue weighted by Crippen LogP contribution is -2.18. The first-order valence-corrected chi connectivity index (χ1v) is 8.75. The molecule has 1 aromatic heterocycles. The molecule has 3 rings (SSSR count). The molecule has 3 aromatic rings. The topological polar surface area (TPSA) is 133 Å². The lowest BCUT2D eigenvalue weighted by atomic mass is 10.1. The molecular weight excluding hydrogens is 374 g/mol. The Balaban J connectivity index is 1.76. The fraction of sp³-hybridized carbons (Fsp3) is 0.150. The average Bonchev–Trinajstić information content (AvgIpc) is 2.95. The highest BCUT2D eigenvalue weighted by Crippen LogP contribution is 2.23. The summed E-state index contributed by atoms with van der Waals surface area (Å²) in [6.07, 6.45) is 0. The minimum Gasteiger partial charge on any atom is -0.366 e. The van der Waals surface area contributed by atoms with Crippen molar-refractivity contribution in [3.63, 3.8) is 0 Å². The van der Waals surface area contributed by atoms with Crippen molar-refractivity contribution in [1.82, 2.24) is 9.78 Å². The van der Waals surface area contributed by atoms with Gasteiger partial charge in [-0.15, -0.1) is 0 Å². The third-order valence-electron chi connectivity index (χ3n) is 4.52. The number of carbonyl (C=O) groups is 2. The molecule has 0 radical (unpaired) electrons. The summed E-state index contributed by atoms with van der Waals surface area (Å²) in [5, 5.41) is 18.0. The van der Waals surface area contributed by atoms with Gasteiger partial charge in [-0.05, 0) is 43.7 Å². The second-order valence-electron chi connectivity index (χ2n) is 6.50. The first-order chi connectivity index (χ1) is 13.8. The van der Waals surface area contributed by atoms with E-state index in [4.69, 9.17) is 5.73 Å². The van der Waals surface area contributed by atoms with Crippen LogP contribution in [0.25, 0.3) is 0 Å². The van der Waals surface area contributed by atoms with Crippen LogP contribution in [0.4, 0.5) is 11.4 Å². The Bertz CT molecular complexity index is 1100. The number of benzene rings is 2. The van der Waals surface area contributed by atoms with Gasteiger partial charge in [0, 0.05) is 5.56 Å². The zero-order valence-corrected chi connectivity index (χ0v) is 15.9. The van der Waals surface area contributed by atoms with E-state index in [-0.39, 0.29) is 17.2 Å². The standard InChI is InChI=1S/C20H19N5O4/c1-12-18(25(28)29)13(2)24(23-12)11-14-7-9-15(10-8-14)20(27)22-17-6-4-3-5-16(17)19(21)26/h3-10H,11H2,1-2H3,(H2,21,26)(H,22,27). The Morgan fingerprint density at radius 3 is 2.38 bits per heavy atom. The molecule has 2 aromatic carbocycles. The van der Waals surface area contributed by atoms with Gasteiger partial charge in [-0.2, -0.15) is 5.10 Å². The van der Waals surface area contributed by atoms with E-state index in [1.807, 2.05) is 0 Å². The van der Waals surface area contributed by atoms with E-state index in [0.29, 0.717) is 29.2 Å². The van der Waals surface area contributed by atoms with Crippen LogP contribution in [-0.4, -0.2) is 26.5 Å². The van der Waals surface area contributed by atoms with Crippen molar-refractivity contribution in [1.29, 1.82) is 0 Å². The fourth-order valence-electron chi connectivity index (χ4n) is 3.04. The number of amides is 2. The molecule has 0 unspecified atom stereocenters. The summed E-state index contributed by atoms with van der Waals surface area (Å²) >= 11 is 0. The zero-order valence-electron chi connectivity index (χ0n) is 15.9. The molecule has 0 spiro atoms. The summed E-state index contributed by atoms with van der Waals surface area (Å²) in [7, 11) is 0. The summed E-state index contributed by atoms with van der Waals surface area (Å²) in [6, 6.07) is 13.3. The summed E-state index contributed by atoms with van der Waals surface area (Å²) in [5.41, 5.74) is 7.95. The molecule has 0 aliphatic heterocycles. The van der Waals surface area contributed by atoms with E-state index < -0.39 is 10.8 Å². The number of para-hydroxylation sites is 1. The number of aromatic nitrogens is 2. The monoisotopic (exact) mass is 393 g/mol. The number of hydrogen-bond donors (Lipinski definition) is 2. The molecule has 0 fully saturated rings. The van der Waals surface area contributed by atoms with Gasteiger partial charge in [-0.3, -0.25) is 24.4 Å². The number of carbonyl (C=O) groups excluding carboxylic acids is 2. The van der Waals surface area contributed by atoms with Gasteiger partial charge in [0.25, 0.3) is 11.8 Å². The molecule has 0 aliphatic rings. The lowest BCUT2D eigenvalue weighted by molar-refractivity contribution is -0.386. The molecule has 0 bridgehead atoms. The van der Waals surface area contributed by atoms with Crippen molar-refractivity contribution < 1.29 is 14.5 Å². The molecule has 9 nitrogen and oxygen atoms in total. The third kappa shape index (κ3) is 4.13. The number of anilines is 1. The number of nitrogens with two attached hydrogens (primary N) is 1. The fourth-order valence-corrected chi connectivity index (χ4v) is 3.04. The molecule has 3 N–H and O–H groups in total. The number of primary amides is 1. The van der Waals surface area contributed by atoms with Crippen LogP contribution in [0, 0.1) is 24.0 Å². The first kappa shape index (κ1) is 19.7. The third-order valence-corrected chi connectivity index (χ3v) is 4.52. The Labute approximate surface area is 166 Å². The Morgan fingerprint density at radius 1 is 1.14 bits per heavy atom. The van der Waals surface area contributed by atoms with Crippen molar-refractivity contribution in [2.24, 2.45) is 5.73 Å². The predicted molar refractivity (Wildman–Crippen MR) is 107 cm³/mol. The molecular formula is C20H19N5O4. The normalized spacial score (nSPS) is 10.6. The number of rotatable bonds is 6. The van der Waals surface area contributed by atoms with Gasteiger partial charge < -0.3 is 11.1 Å². The Morgan fingerprint density at radius 2 is 1.79 bits per heavy atom. The van der Waals surface area contributed by atoms with Gasteiger partial charge in [0.15, 0.2) is 0 Å². The SMILES string of the molecule is Cc1nn(Cc2ccc(C(=O)Nc3ccccc3C(N)=O)cc2)c(C)c1[N+](=O)[O-]. The first-order valence-electron chi connectivity index (χ1n) is 8.75. The summed E-state index contributed by atoms with van der Waals surface area (Å²) in [5.74, 6) is -1.01. The van der Waals surface area contributed by atoms with Crippen LogP contribution < -0.4 is 11.1 Å². The van der Waals surface area contributed by atoms with Gasteiger partial charge in [-0.25, -0.2) is 0 Å². The molecule has 9 heteroatoms. The second kappa shape index (κ2) is 7.93. The van der Waals surface area contributed by atoms with Crippen LogP contribution in [0.5, 0.6) is 0 Å². The average molecular weight is 393 g/mol. The second-order valence-corrected chi connectivity index (χ2v) is 6.50. The lowest BCUT2D eigenvalue weighted by Gasteiger charge is -2.09. The van der Waals surface area contributed by atoms with Gasteiger partial charge in [0.05, 0.1) is 22.7 Å². The summed E-state index contributed by atoms with van der Waals surface area (Å²) < 4.78 is 1.56. The van der Waals surface area contributed by atoms with E-state index in [0.717, 1.165) is 5.56 Å². The van der Waals surface area contributed by atoms with Crippen molar-refractivity contribution in [3.05, 3.63) is 86.7 Å². The van der Waals surface area contributed by atoms with E-state index in [2.05, 4.69) is 10.4 Å². The Hall–Kier alpha value is -4.01. The molecule has 29 heavy (non-hydrogen) atoms. The number of hydrogen-bond acceptors (Lipinski definition) is 5. The molecule has 1 heterocycles. The van der Waals surface area contributed by atoms with E-state index in [1.165, 1.54) is 6.07 Å². The number of nitrogens with one attached hydrogen (secondary N) is 1. The summed E-state index contributed by atoms with van der Waals surface area (Å²) in [4.78, 5) is 34.6. The van der Waals surface area contributed by atoms with Crippen molar-refractivity contribution in [2.75, 3.05) is 5.32 Å². The van der Waals surface area contributed by atoms with Crippen LogP contribution in [-0.2, 0) is 6.54 Å². The molecule has 148 valence electrons. The minimum absolute atomic E-state index is 0.00844. The Kier molecular flexibility index (Phi) is 5.40. The van der Waals surface area contributed by atoms with Crippen LogP contribution in [0.3, 0.4) is 0 Å². The maximum absolute atomic E-state index is 12.5. The largest absolute Gasteiger partial charge is 0.366 e. The smallest absolute Gasteiger partial charge is 0.312 e. The van der Waals surface area contributed by atoms with Crippen molar-refractivity contribution in [2.45, 2.75) is 20.4 Å². The van der Waals surface area contributed by atoms with E-state index >= 15 is 0 Å². The minimum atomic E-state index is -0.629. The van der Waals surface area contributed by atoms with Crippen LogP contribution in [0.15, 0.2) is 48.5 Å².